The predicted octanol–water partition coefficient (Wildman–Crippen LogP) is 1.52. The quantitative estimate of drug-likeness (QED) is 0.856. The van der Waals surface area contributed by atoms with E-state index in [-0.39, 0.29) is 0 Å². The summed E-state index contributed by atoms with van der Waals surface area (Å²) in [4.78, 5) is 8.57. The van der Waals surface area contributed by atoms with Crippen LogP contribution in [0.15, 0.2) is 15.4 Å². The van der Waals surface area contributed by atoms with Gasteiger partial charge >= 0.3 is 0 Å². The summed E-state index contributed by atoms with van der Waals surface area (Å²) in [5, 5.41) is 9.21. The van der Waals surface area contributed by atoms with Gasteiger partial charge in [-0.25, -0.2) is 4.98 Å². The van der Waals surface area contributed by atoms with E-state index in [1.54, 1.807) is 5.51 Å². The Kier molecular flexibility index (Phi) is 2.45. The van der Waals surface area contributed by atoms with Gasteiger partial charge in [-0.1, -0.05) is 12.1 Å². The molecule has 0 amide bonds. The average molecular weight is 236 g/mol. The molecule has 84 valence electrons. The van der Waals surface area contributed by atoms with Crippen LogP contribution in [0.25, 0.3) is 11.5 Å². The van der Waals surface area contributed by atoms with Crippen LogP contribution < -0.4 is 5.32 Å². The average Bonchev–Trinajstić information content (AvgIpc) is 2.96. The molecule has 3 rings (SSSR count). The number of thiazole rings is 1. The molecule has 0 aliphatic carbocycles. The van der Waals surface area contributed by atoms with Gasteiger partial charge in [-0.15, -0.1) is 11.3 Å². The van der Waals surface area contributed by atoms with Crippen LogP contribution in [0.3, 0.4) is 0 Å². The number of nitrogens with zero attached hydrogens (tertiary/aromatic N) is 3. The van der Waals surface area contributed by atoms with Crippen molar-refractivity contribution in [2.45, 2.75) is 12.8 Å². The minimum absolute atomic E-state index is 0.333. The highest BCUT2D eigenvalue weighted by atomic mass is 32.1. The fourth-order valence-corrected chi connectivity index (χ4v) is 2.48. The van der Waals surface area contributed by atoms with E-state index in [9.17, 15) is 0 Å². The molecule has 0 bridgehead atoms. The maximum absolute atomic E-state index is 5.31. The molecule has 1 N–H and O–H groups in total. The van der Waals surface area contributed by atoms with Gasteiger partial charge in [0.2, 0.25) is 11.7 Å². The van der Waals surface area contributed by atoms with Crippen molar-refractivity contribution in [1.82, 2.24) is 20.4 Å². The summed E-state index contributed by atoms with van der Waals surface area (Å²) in [6.07, 6.45) is 0. The van der Waals surface area contributed by atoms with Gasteiger partial charge in [0.25, 0.3) is 0 Å². The second-order valence-electron chi connectivity index (χ2n) is 4.07. The van der Waals surface area contributed by atoms with Crippen LogP contribution in [-0.2, 0) is 0 Å². The topological polar surface area (TPSA) is 63.8 Å². The first-order valence-corrected chi connectivity index (χ1v) is 6.22. The van der Waals surface area contributed by atoms with Crippen LogP contribution >= 0.6 is 11.3 Å². The Morgan fingerprint density at radius 3 is 3.12 bits per heavy atom. The molecule has 0 aromatic carbocycles. The van der Waals surface area contributed by atoms with Crippen molar-refractivity contribution in [1.29, 1.82) is 0 Å². The number of hydrogen-bond donors (Lipinski definition) is 1. The van der Waals surface area contributed by atoms with E-state index in [2.05, 4.69) is 27.4 Å². The highest BCUT2D eigenvalue weighted by Gasteiger charge is 2.29. The largest absolute Gasteiger partial charge is 0.339 e. The van der Waals surface area contributed by atoms with Crippen LogP contribution in [0.5, 0.6) is 0 Å². The Labute approximate surface area is 96.9 Å². The van der Waals surface area contributed by atoms with E-state index < -0.39 is 0 Å². The Hall–Kier alpha value is -1.27. The number of rotatable bonds is 2. The summed E-state index contributed by atoms with van der Waals surface area (Å²) in [7, 11) is 0. The molecule has 1 fully saturated rings. The lowest BCUT2D eigenvalue weighted by molar-refractivity contribution is 0.340. The van der Waals surface area contributed by atoms with Crippen molar-refractivity contribution in [3.63, 3.8) is 0 Å². The smallest absolute Gasteiger partial charge is 0.231 e. The molecule has 1 aliphatic rings. The van der Waals surface area contributed by atoms with Crippen LogP contribution in [-0.4, -0.2) is 28.2 Å². The zero-order valence-electron chi connectivity index (χ0n) is 8.88. The van der Waals surface area contributed by atoms with Crippen molar-refractivity contribution in [3.05, 3.63) is 16.8 Å². The van der Waals surface area contributed by atoms with Crippen LogP contribution in [0, 0.1) is 5.92 Å². The van der Waals surface area contributed by atoms with E-state index in [0.29, 0.717) is 17.7 Å². The summed E-state index contributed by atoms with van der Waals surface area (Å²) < 4.78 is 5.31. The van der Waals surface area contributed by atoms with Gasteiger partial charge in [0.05, 0.1) is 11.4 Å². The summed E-state index contributed by atoms with van der Waals surface area (Å²) >= 11 is 1.53. The first-order valence-electron chi connectivity index (χ1n) is 5.27. The Balaban J connectivity index is 1.88. The van der Waals surface area contributed by atoms with E-state index in [1.165, 1.54) is 11.3 Å². The maximum Gasteiger partial charge on any atom is 0.231 e. The number of hydrogen-bond acceptors (Lipinski definition) is 6. The second-order valence-corrected chi connectivity index (χ2v) is 4.79. The molecule has 0 spiro atoms. The second kappa shape index (κ2) is 3.95. The fraction of sp³-hybridized carbons (Fsp3) is 0.500. The van der Waals surface area contributed by atoms with Crippen molar-refractivity contribution in [3.8, 4) is 11.5 Å². The molecule has 0 saturated carbocycles. The van der Waals surface area contributed by atoms with Gasteiger partial charge in [-0.05, 0) is 12.5 Å². The van der Waals surface area contributed by atoms with E-state index >= 15 is 0 Å². The third kappa shape index (κ3) is 1.64. The van der Waals surface area contributed by atoms with Crippen LogP contribution in [0.1, 0.15) is 18.7 Å². The van der Waals surface area contributed by atoms with Crippen LogP contribution in [0.4, 0.5) is 0 Å². The van der Waals surface area contributed by atoms with E-state index in [1.807, 2.05) is 5.38 Å². The molecule has 5 nitrogen and oxygen atoms in total. The highest BCUT2D eigenvalue weighted by molar-refractivity contribution is 7.07. The molecule has 1 aliphatic heterocycles. The molecule has 0 radical (unpaired) electrons. The lowest BCUT2D eigenvalue weighted by Gasteiger charge is -2.07. The number of nitrogens with one attached hydrogen (secondary N) is 1. The van der Waals surface area contributed by atoms with Crippen LogP contribution in [0.2, 0.25) is 0 Å². The van der Waals surface area contributed by atoms with Gasteiger partial charge in [-0.3, -0.25) is 0 Å². The molecule has 2 atom stereocenters. The van der Waals surface area contributed by atoms with Crippen molar-refractivity contribution in [2.24, 2.45) is 5.92 Å². The Morgan fingerprint density at radius 1 is 1.50 bits per heavy atom. The lowest BCUT2D eigenvalue weighted by atomic mass is 9.98. The first kappa shape index (κ1) is 9.92. The molecule has 1 saturated heterocycles. The number of aromatic nitrogens is 3. The third-order valence-electron chi connectivity index (χ3n) is 2.94. The van der Waals surface area contributed by atoms with Gasteiger partial charge in [0.15, 0.2) is 0 Å². The molecule has 6 heteroatoms. The normalized spacial score (nSPS) is 25.1. The zero-order valence-corrected chi connectivity index (χ0v) is 9.70. The summed E-state index contributed by atoms with van der Waals surface area (Å²) in [6.45, 7) is 4.12. The van der Waals surface area contributed by atoms with Gasteiger partial charge in [-0.2, -0.15) is 4.98 Å². The summed E-state index contributed by atoms with van der Waals surface area (Å²) in [6, 6.07) is 0. The Bertz CT molecular complexity index is 467. The fourth-order valence-electron chi connectivity index (χ4n) is 1.95. The van der Waals surface area contributed by atoms with E-state index in [0.717, 1.165) is 24.7 Å². The highest BCUT2D eigenvalue weighted by Crippen LogP contribution is 2.27. The monoisotopic (exact) mass is 236 g/mol. The van der Waals surface area contributed by atoms with Crippen molar-refractivity contribution in [2.75, 3.05) is 13.1 Å². The first-order chi connectivity index (χ1) is 7.84. The SMILES string of the molecule is C[C@@H]1CNC[C@H]1c1nc(-c2cscn2)no1. The van der Waals surface area contributed by atoms with Gasteiger partial charge in [0.1, 0.15) is 5.69 Å². The minimum atomic E-state index is 0.333. The molecule has 2 aromatic rings. The van der Waals surface area contributed by atoms with Gasteiger partial charge < -0.3 is 9.84 Å². The third-order valence-corrected chi connectivity index (χ3v) is 3.52. The van der Waals surface area contributed by atoms with E-state index in [4.69, 9.17) is 4.52 Å². The molecular formula is C10H12N4OS. The molecular weight excluding hydrogens is 224 g/mol. The van der Waals surface area contributed by atoms with Crippen molar-refractivity contribution >= 4 is 11.3 Å². The summed E-state index contributed by atoms with van der Waals surface area (Å²) in [5.74, 6) is 2.19. The van der Waals surface area contributed by atoms with Gasteiger partial charge in [0, 0.05) is 11.9 Å². The van der Waals surface area contributed by atoms with Crippen molar-refractivity contribution < 1.29 is 4.52 Å². The molecule has 3 heterocycles. The maximum atomic E-state index is 5.31. The minimum Gasteiger partial charge on any atom is -0.339 e. The zero-order chi connectivity index (χ0) is 11.0. The Morgan fingerprint density at radius 2 is 2.44 bits per heavy atom. The standard InChI is InChI=1S/C10H12N4OS/c1-6-2-11-3-7(6)10-13-9(14-15-10)8-4-16-5-12-8/h4-7,11H,2-3H2,1H3/t6-,7-/m1/s1. The summed E-state index contributed by atoms with van der Waals surface area (Å²) in [5.41, 5.74) is 2.56. The molecule has 0 unspecified atom stereocenters. The lowest BCUT2D eigenvalue weighted by Crippen LogP contribution is -2.08. The predicted molar refractivity (Wildman–Crippen MR) is 60.2 cm³/mol. The molecule has 2 aromatic heterocycles. The molecule has 16 heavy (non-hydrogen) atoms.